The summed E-state index contributed by atoms with van der Waals surface area (Å²) in [5.41, 5.74) is -0.0402. The van der Waals surface area contributed by atoms with Gasteiger partial charge in [-0.3, -0.25) is 9.79 Å². The summed E-state index contributed by atoms with van der Waals surface area (Å²) >= 11 is 0. The molecule has 1 aromatic heterocycles. The van der Waals surface area contributed by atoms with Gasteiger partial charge < -0.3 is 19.8 Å². The van der Waals surface area contributed by atoms with Gasteiger partial charge in [0.15, 0.2) is 5.96 Å². The number of rotatable bonds is 11. The summed E-state index contributed by atoms with van der Waals surface area (Å²) in [4.78, 5) is 19.8. The van der Waals surface area contributed by atoms with Gasteiger partial charge >= 0.3 is 5.97 Å². The highest BCUT2D eigenvalue weighted by Crippen LogP contribution is 2.22. The SMILES string of the molecule is CCOC(=O)CCCCCCCNC(=NC)NCc1ncc(C(C)(C)C)o1. The summed E-state index contributed by atoms with van der Waals surface area (Å²) < 4.78 is 10.7. The number of guanidine groups is 1. The molecule has 0 saturated heterocycles. The fourth-order valence-corrected chi connectivity index (χ4v) is 2.48. The van der Waals surface area contributed by atoms with Crippen LogP contribution >= 0.6 is 0 Å². The van der Waals surface area contributed by atoms with Crippen LogP contribution in [0.3, 0.4) is 0 Å². The van der Waals surface area contributed by atoms with E-state index in [0.29, 0.717) is 25.5 Å². The standard InChI is InChI=1S/C20H36N4O3/c1-6-26-18(25)12-10-8-7-9-11-13-22-19(21-5)24-15-17-23-14-16(27-17)20(2,3)4/h14H,6-13,15H2,1-5H3,(H2,21,22,24). The zero-order valence-electron chi connectivity index (χ0n) is 17.6. The Hall–Kier alpha value is -2.05. The quantitative estimate of drug-likeness (QED) is 0.264. The van der Waals surface area contributed by atoms with Gasteiger partial charge in [0, 0.05) is 25.4 Å². The Morgan fingerprint density at radius 1 is 1.19 bits per heavy atom. The molecule has 0 bridgehead atoms. The molecule has 2 N–H and O–H groups in total. The highest BCUT2D eigenvalue weighted by Gasteiger charge is 2.19. The molecule has 154 valence electrons. The highest BCUT2D eigenvalue weighted by atomic mass is 16.5. The van der Waals surface area contributed by atoms with Crippen molar-refractivity contribution in [3.8, 4) is 0 Å². The Balaban J connectivity index is 2.11. The van der Waals surface area contributed by atoms with Gasteiger partial charge in [-0.25, -0.2) is 4.98 Å². The summed E-state index contributed by atoms with van der Waals surface area (Å²) in [5, 5.41) is 6.52. The van der Waals surface area contributed by atoms with E-state index in [1.54, 1.807) is 13.2 Å². The predicted octanol–water partition coefficient (Wildman–Crippen LogP) is 3.54. The van der Waals surface area contributed by atoms with Crippen molar-refractivity contribution in [3.63, 3.8) is 0 Å². The lowest BCUT2D eigenvalue weighted by Gasteiger charge is -2.13. The molecule has 0 aliphatic carbocycles. The van der Waals surface area contributed by atoms with Crippen molar-refractivity contribution in [2.75, 3.05) is 20.2 Å². The number of nitrogens with one attached hydrogen (secondary N) is 2. The van der Waals surface area contributed by atoms with Crippen molar-refractivity contribution in [3.05, 3.63) is 17.8 Å². The van der Waals surface area contributed by atoms with Crippen LogP contribution in [-0.4, -0.2) is 37.1 Å². The fraction of sp³-hybridized carbons (Fsp3) is 0.750. The molecule has 7 nitrogen and oxygen atoms in total. The maximum atomic E-state index is 11.2. The Kier molecular flexibility index (Phi) is 10.5. The summed E-state index contributed by atoms with van der Waals surface area (Å²) in [6, 6.07) is 0. The molecule has 1 heterocycles. The summed E-state index contributed by atoms with van der Waals surface area (Å²) in [5.74, 6) is 2.19. The lowest BCUT2D eigenvalue weighted by atomic mass is 9.94. The molecule has 7 heteroatoms. The molecule has 0 aromatic carbocycles. The molecule has 0 unspecified atom stereocenters. The number of aromatic nitrogens is 1. The maximum Gasteiger partial charge on any atom is 0.305 e. The molecule has 0 atom stereocenters. The molecule has 0 amide bonds. The summed E-state index contributed by atoms with van der Waals surface area (Å²) in [7, 11) is 1.75. The van der Waals surface area contributed by atoms with Crippen LogP contribution < -0.4 is 10.6 Å². The van der Waals surface area contributed by atoms with Crippen molar-refractivity contribution in [1.29, 1.82) is 0 Å². The number of hydrogen-bond acceptors (Lipinski definition) is 5. The third kappa shape index (κ3) is 10.0. The molecule has 0 spiro atoms. The van der Waals surface area contributed by atoms with E-state index in [4.69, 9.17) is 9.15 Å². The summed E-state index contributed by atoms with van der Waals surface area (Å²) in [6.45, 7) is 9.96. The molecule has 27 heavy (non-hydrogen) atoms. The predicted molar refractivity (Wildman–Crippen MR) is 108 cm³/mol. The highest BCUT2D eigenvalue weighted by molar-refractivity contribution is 5.79. The van der Waals surface area contributed by atoms with Crippen molar-refractivity contribution < 1.29 is 13.9 Å². The first-order chi connectivity index (χ1) is 12.9. The molecular weight excluding hydrogens is 344 g/mol. The number of unbranched alkanes of at least 4 members (excludes halogenated alkanes) is 4. The van der Waals surface area contributed by atoms with Gasteiger partial charge in [0.1, 0.15) is 5.76 Å². The van der Waals surface area contributed by atoms with E-state index < -0.39 is 0 Å². The summed E-state index contributed by atoms with van der Waals surface area (Å²) in [6.07, 6.45) is 7.59. The molecule has 0 aliphatic rings. The van der Waals surface area contributed by atoms with Crippen LogP contribution in [0.5, 0.6) is 0 Å². The van der Waals surface area contributed by atoms with Crippen LogP contribution in [0.1, 0.15) is 77.9 Å². The van der Waals surface area contributed by atoms with Crippen LogP contribution in [0, 0.1) is 0 Å². The van der Waals surface area contributed by atoms with Gasteiger partial charge in [0.05, 0.1) is 19.3 Å². The zero-order valence-corrected chi connectivity index (χ0v) is 17.6. The molecule has 0 radical (unpaired) electrons. The Labute approximate surface area is 163 Å². The first-order valence-corrected chi connectivity index (χ1v) is 9.92. The van der Waals surface area contributed by atoms with Crippen LogP contribution in [0.4, 0.5) is 0 Å². The second kappa shape index (κ2) is 12.4. The smallest absolute Gasteiger partial charge is 0.305 e. The topological polar surface area (TPSA) is 88.8 Å². The minimum Gasteiger partial charge on any atom is -0.466 e. The first-order valence-electron chi connectivity index (χ1n) is 9.92. The van der Waals surface area contributed by atoms with E-state index in [-0.39, 0.29) is 11.4 Å². The number of hydrogen-bond donors (Lipinski definition) is 2. The van der Waals surface area contributed by atoms with Crippen LogP contribution in [-0.2, 0) is 21.5 Å². The van der Waals surface area contributed by atoms with E-state index in [1.807, 2.05) is 6.92 Å². The van der Waals surface area contributed by atoms with Crippen LogP contribution in [0.15, 0.2) is 15.6 Å². The number of aliphatic imine (C=N–C) groups is 1. The van der Waals surface area contributed by atoms with Crippen molar-refractivity contribution >= 4 is 11.9 Å². The van der Waals surface area contributed by atoms with Crippen LogP contribution in [0.25, 0.3) is 0 Å². The van der Waals surface area contributed by atoms with Gasteiger partial charge in [0.25, 0.3) is 0 Å². The van der Waals surface area contributed by atoms with E-state index >= 15 is 0 Å². The van der Waals surface area contributed by atoms with Gasteiger partial charge in [-0.2, -0.15) is 0 Å². The van der Waals surface area contributed by atoms with E-state index in [0.717, 1.165) is 50.4 Å². The fourth-order valence-electron chi connectivity index (χ4n) is 2.48. The number of esters is 1. The minimum absolute atomic E-state index is 0.0402. The average molecular weight is 381 g/mol. The third-order valence-corrected chi connectivity index (χ3v) is 4.08. The van der Waals surface area contributed by atoms with Crippen molar-refractivity contribution in [2.24, 2.45) is 4.99 Å². The normalized spacial score (nSPS) is 12.1. The van der Waals surface area contributed by atoms with Crippen molar-refractivity contribution in [1.82, 2.24) is 15.6 Å². The lowest BCUT2D eigenvalue weighted by Crippen LogP contribution is -2.37. The van der Waals surface area contributed by atoms with Crippen LogP contribution in [0.2, 0.25) is 0 Å². The number of nitrogens with zero attached hydrogens (tertiary/aromatic N) is 2. The zero-order chi connectivity index (χ0) is 20.1. The Morgan fingerprint density at radius 3 is 2.52 bits per heavy atom. The number of carbonyl (C=O) groups is 1. The largest absolute Gasteiger partial charge is 0.466 e. The van der Waals surface area contributed by atoms with E-state index in [1.165, 1.54) is 0 Å². The van der Waals surface area contributed by atoms with Gasteiger partial charge in [0.2, 0.25) is 5.89 Å². The molecule has 1 aromatic rings. The van der Waals surface area contributed by atoms with Gasteiger partial charge in [-0.05, 0) is 19.8 Å². The first kappa shape index (κ1) is 23.0. The molecular formula is C20H36N4O3. The number of carbonyl (C=O) groups excluding carboxylic acids is 1. The van der Waals surface area contributed by atoms with Gasteiger partial charge in [-0.15, -0.1) is 0 Å². The Morgan fingerprint density at radius 2 is 1.89 bits per heavy atom. The molecule has 1 rings (SSSR count). The monoisotopic (exact) mass is 380 g/mol. The number of ether oxygens (including phenoxy) is 1. The average Bonchev–Trinajstić information content (AvgIpc) is 3.09. The minimum atomic E-state index is -0.0882. The second-order valence-corrected chi connectivity index (χ2v) is 7.54. The lowest BCUT2D eigenvalue weighted by molar-refractivity contribution is -0.143. The van der Waals surface area contributed by atoms with E-state index in [9.17, 15) is 4.79 Å². The van der Waals surface area contributed by atoms with E-state index in [2.05, 4.69) is 41.4 Å². The van der Waals surface area contributed by atoms with Crippen molar-refractivity contribution in [2.45, 2.75) is 78.2 Å². The maximum absolute atomic E-state index is 11.2. The molecule has 0 aliphatic heterocycles. The molecule has 0 saturated carbocycles. The second-order valence-electron chi connectivity index (χ2n) is 7.54. The Bertz CT molecular complexity index is 576. The third-order valence-electron chi connectivity index (χ3n) is 4.08. The van der Waals surface area contributed by atoms with Gasteiger partial charge in [-0.1, -0.05) is 40.0 Å². The molecule has 0 fully saturated rings. The number of oxazole rings is 1.